The molecule has 2 aromatic carbocycles. The van der Waals surface area contributed by atoms with Crippen LogP contribution in [-0.2, 0) is 11.3 Å². The summed E-state index contributed by atoms with van der Waals surface area (Å²) in [7, 11) is 3.11. The van der Waals surface area contributed by atoms with Gasteiger partial charge in [-0.2, -0.15) is 0 Å². The zero-order chi connectivity index (χ0) is 24.2. The highest BCUT2D eigenvalue weighted by Gasteiger charge is 2.23. The van der Waals surface area contributed by atoms with Crippen molar-refractivity contribution < 1.29 is 14.2 Å². The van der Waals surface area contributed by atoms with Crippen LogP contribution in [-0.4, -0.2) is 42.6 Å². The van der Waals surface area contributed by atoms with Crippen molar-refractivity contribution in [1.29, 1.82) is 0 Å². The van der Waals surface area contributed by atoms with Crippen LogP contribution in [0.15, 0.2) is 46.0 Å². The van der Waals surface area contributed by atoms with Gasteiger partial charge in [-0.25, -0.2) is 4.79 Å². The van der Waals surface area contributed by atoms with Gasteiger partial charge in [0.2, 0.25) is 0 Å². The summed E-state index contributed by atoms with van der Waals surface area (Å²) >= 11 is 0. The van der Waals surface area contributed by atoms with Gasteiger partial charge in [0, 0.05) is 24.9 Å². The number of aromatic nitrogens is 2. The number of benzene rings is 2. The van der Waals surface area contributed by atoms with Gasteiger partial charge in [-0.3, -0.25) is 13.9 Å². The fourth-order valence-corrected chi connectivity index (χ4v) is 4.36. The molecule has 0 saturated carbocycles. The van der Waals surface area contributed by atoms with E-state index in [0.29, 0.717) is 48.5 Å². The number of terminal acetylenes is 1. The number of nitrogens with zero attached hydrogens (tertiary/aromatic N) is 2. The van der Waals surface area contributed by atoms with Crippen LogP contribution >= 0.6 is 0 Å². The van der Waals surface area contributed by atoms with E-state index in [-0.39, 0.29) is 29.9 Å². The molecule has 0 radical (unpaired) electrons. The molecule has 1 aliphatic heterocycles. The van der Waals surface area contributed by atoms with Crippen molar-refractivity contribution in [2.75, 3.05) is 32.8 Å². The molecule has 4 rings (SSSR count). The van der Waals surface area contributed by atoms with Crippen LogP contribution in [0.5, 0.6) is 11.5 Å². The Morgan fingerprint density at radius 1 is 1.12 bits per heavy atom. The lowest BCUT2D eigenvalue weighted by Gasteiger charge is -2.26. The van der Waals surface area contributed by atoms with E-state index >= 15 is 0 Å². The van der Waals surface area contributed by atoms with Crippen LogP contribution in [0.25, 0.3) is 10.9 Å². The first kappa shape index (κ1) is 23.5. The van der Waals surface area contributed by atoms with E-state index in [0.717, 1.165) is 11.3 Å². The van der Waals surface area contributed by atoms with Crippen molar-refractivity contribution in [2.24, 2.45) is 0 Å². The molecule has 0 spiro atoms. The van der Waals surface area contributed by atoms with Crippen molar-refractivity contribution in [3.8, 4) is 23.8 Å². The topological polar surface area (TPSA) is 83.7 Å². The number of hydrogen-bond acceptors (Lipinski definition) is 6. The van der Waals surface area contributed by atoms with Gasteiger partial charge in [-0.15, -0.1) is 6.42 Å². The summed E-state index contributed by atoms with van der Waals surface area (Å²) in [6, 6.07) is 10.6. The average molecular weight is 464 g/mol. The predicted molar refractivity (Wildman–Crippen MR) is 132 cm³/mol. The number of methoxy groups -OCH3 is 2. The summed E-state index contributed by atoms with van der Waals surface area (Å²) in [6.07, 6.45) is 6.92. The first-order chi connectivity index (χ1) is 16.5. The normalized spacial score (nSPS) is 15.0. The Morgan fingerprint density at radius 3 is 2.53 bits per heavy atom. The molecule has 1 atom stereocenters. The van der Waals surface area contributed by atoms with Gasteiger partial charge in [0.25, 0.3) is 5.56 Å². The first-order valence-corrected chi connectivity index (χ1v) is 11.3. The fraction of sp³-hybridized carbons (Fsp3) is 0.385. The number of rotatable bonds is 7. The van der Waals surface area contributed by atoms with E-state index in [2.05, 4.69) is 11.2 Å². The summed E-state index contributed by atoms with van der Waals surface area (Å²) < 4.78 is 19.2. The number of ether oxygens (including phenoxy) is 3. The molecule has 0 amide bonds. The monoisotopic (exact) mass is 463 g/mol. The Morgan fingerprint density at radius 2 is 1.85 bits per heavy atom. The van der Waals surface area contributed by atoms with Gasteiger partial charge in [0.05, 0.1) is 37.7 Å². The smallest absolute Gasteiger partial charge is 0.332 e. The molecule has 1 fully saturated rings. The van der Waals surface area contributed by atoms with Crippen molar-refractivity contribution in [2.45, 2.75) is 38.4 Å². The molecule has 1 aromatic heterocycles. The predicted octanol–water partition coefficient (Wildman–Crippen LogP) is 3.01. The van der Waals surface area contributed by atoms with E-state index in [1.807, 2.05) is 25.1 Å². The Hall–Kier alpha value is -3.70. The maximum Gasteiger partial charge on any atom is 0.332 e. The number of hydrogen-bond donors (Lipinski definition) is 1. The minimum absolute atomic E-state index is 0.0514. The largest absolute Gasteiger partial charge is 0.493 e. The molecule has 8 nitrogen and oxygen atoms in total. The van der Waals surface area contributed by atoms with Crippen LogP contribution in [0.4, 0.5) is 5.69 Å². The van der Waals surface area contributed by atoms with Gasteiger partial charge in [0.15, 0.2) is 11.5 Å². The lowest BCUT2D eigenvalue weighted by molar-refractivity contribution is 0.0691. The third kappa shape index (κ3) is 4.52. The van der Waals surface area contributed by atoms with Gasteiger partial charge in [-0.1, -0.05) is 12.0 Å². The van der Waals surface area contributed by atoms with Crippen LogP contribution in [0.2, 0.25) is 0 Å². The molecule has 1 unspecified atom stereocenters. The van der Waals surface area contributed by atoms with Crippen LogP contribution < -0.4 is 26.0 Å². The molecule has 1 saturated heterocycles. The molecule has 0 bridgehead atoms. The van der Waals surface area contributed by atoms with Gasteiger partial charge in [0.1, 0.15) is 0 Å². The molecule has 1 N–H and O–H groups in total. The quantitative estimate of drug-likeness (QED) is 0.543. The Kier molecular flexibility index (Phi) is 6.94. The molecule has 34 heavy (non-hydrogen) atoms. The van der Waals surface area contributed by atoms with Crippen LogP contribution in [0, 0.1) is 12.3 Å². The van der Waals surface area contributed by atoms with E-state index in [1.54, 1.807) is 37.0 Å². The van der Waals surface area contributed by atoms with E-state index < -0.39 is 0 Å². The van der Waals surface area contributed by atoms with E-state index in [9.17, 15) is 9.59 Å². The number of anilines is 1. The van der Waals surface area contributed by atoms with Gasteiger partial charge < -0.3 is 19.5 Å². The SMILES string of the molecule is C#CC(C)Nc1ccc2c(c1)c(=O)n(Cc1ccc(OC)c(OC)c1)c(=O)n2C1CCOCC1. The van der Waals surface area contributed by atoms with E-state index in [4.69, 9.17) is 20.6 Å². The minimum Gasteiger partial charge on any atom is -0.493 e. The second-order valence-electron chi connectivity index (χ2n) is 8.34. The average Bonchev–Trinajstić information content (AvgIpc) is 2.87. The molecule has 178 valence electrons. The third-order valence-corrected chi connectivity index (χ3v) is 6.15. The maximum absolute atomic E-state index is 13.7. The summed E-state index contributed by atoms with van der Waals surface area (Å²) in [5, 5.41) is 3.66. The lowest BCUT2D eigenvalue weighted by atomic mass is 10.1. The second-order valence-corrected chi connectivity index (χ2v) is 8.34. The summed E-state index contributed by atoms with van der Waals surface area (Å²) in [4.78, 5) is 27.3. The van der Waals surface area contributed by atoms with E-state index in [1.165, 1.54) is 4.57 Å². The standard InChI is InChI=1S/C26H29N3O5/c1-5-17(2)27-19-7-8-22-21(15-19)25(30)28(26(31)29(22)20-10-12-34-13-11-20)16-18-6-9-23(32-3)24(14-18)33-4/h1,6-9,14-15,17,20,27H,10-13,16H2,2-4H3. The Balaban J connectivity index is 1.89. The minimum atomic E-state index is -0.352. The number of fused-ring (bicyclic) bond motifs is 1. The zero-order valence-corrected chi connectivity index (χ0v) is 19.7. The van der Waals surface area contributed by atoms with Crippen LogP contribution in [0.3, 0.4) is 0 Å². The van der Waals surface area contributed by atoms with Gasteiger partial charge >= 0.3 is 5.69 Å². The lowest BCUT2D eigenvalue weighted by Crippen LogP contribution is -2.42. The highest BCUT2D eigenvalue weighted by Crippen LogP contribution is 2.28. The molecule has 0 aliphatic carbocycles. The second kappa shape index (κ2) is 10.1. The van der Waals surface area contributed by atoms with Crippen molar-refractivity contribution in [1.82, 2.24) is 9.13 Å². The van der Waals surface area contributed by atoms with Crippen molar-refractivity contribution >= 4 is 16.6 Å². The molecule has 3 aromatic rings. The fourth-order valence-electron chi connectivity index (χ4n) is 4.36. The zero-order valence-electron chi connectivity index (χ0n) is 19.7. The summed E-state index contributed by atoms with van der Waals surface area (Å²) in [5.41, 5.74) is 1.41. The molecular weight excluding hydrogens is 434 g/mol. The molecular formula is C26H29N3O5. The highest BCUT2D eigenvalue weighted by molar-refractivity contribution is 5.82. The summed E-state index contributed by atoms with van der Waals surface area (Å²) in [5.74, 6) is 3.74. The maximum atomic E-state index is 13.7. The van der Waals surface area contributed by atoms with Gasteiger partial charge in [-0.05, 0) is 55.7 Å². The van der Waals surface area contributed by atoms with Crippen molar-refractivity contribution in [3.05, 3.63) is 62.8 Å². The number of nitrogens with one attached hydrogen (secondary N) is 1. The molecule has 1 aliphatic rings. The molecule has 8 heteroatoms. The first-order valence-electron chi connectivity index (χ1n) is 11.3. The molecule has 2 heterocycles. The Bertz CT molecular complexity index is 1350. The summed E-state index contributed by atoms with van der Waals surface area (Å²) in [6.45, 7) is 3.12. The third-order valence-electron chi connectivity index (χ3n) is 6.15. The van der Waals surface area contributed by atoms with Crippen molar-refractivity contribution in [3.63, 3.8) is 0 Å². The Labute approximate surface area is 198 Å². The highest BCUT2D eigenvalue weighted by atomic mass is 16.5. The van der Waals surface area contributed by atoms with Crippen LogP contribution in [0.1, 0.15) is 31.4 Å².